The van der Waals surface area contributed by atoms with E-state index in [1.807, 2.05) is 0 Å². The third-order valence-electron chi connectivity index (χ3n) is 3.78. The molecule has 140 valence electrons. The molecule has 0 amide bonds. The summed E-state index contributed by atoms with van der Waals surface area (Å²) in [6.07, 6.45) is 0. The van der Waals surface area contributed by atoms with Crippen molar-refractivity contribution < 1.29 is 28.9 Å². The highest BCUT2D eigenvalue weighted by Crippen LogP contribution is 2.32. The van der Waals surface area contributed by atoms with Crippen LogP contribution in [0.1, 0.15) is 15.9 Å². The van der Waals surface area contributed by atoms with Crippen LogP contribution in [0, 0.1) is 0 Å². The van der Waals surface area contributed by atoms with Crippen molar-refractivity contribution in [3.63, 3.8) is 0 Å². The van der Waals surface area contributed by atoms with Crippen molar-refractivity contribution >= 4 is 16.8 Å². The predicted molar refractivity (Wildman–Crippen MR) is 97.5 cm³/mol. The molecule has 0 aliphatic rings. The molecule has 1 aromatic heterocycles. The number of aliphatic hydroxyl groups excluding tert-OH is 2. The topological polar surface area (TPSA) is 106 Å². The maximum absolute atomic E-state index is 12.6. The van der Waals surface area contributed by atoms with Crippen molar-refractivity contribution in [1.29, 1.82) is 0 Å². The van der Waals surface area contributed by atoms with Gasteiger partial charge >= 0.3 is 5.63 Å². The van der Waals surface area contributed by atoms with Crippen molar-refractivity contribution in [2.45, 2.75) is 0 Å². The Morgan fingerprint density at radius 1 is 0.926 bits per heavy atom. The molecule has 0 aliphatic carbocycles. The van der Waals surface area contributed by atoms with E-state index in [0.29, 0.717) is 16.7 Å². The monoisotopic (exact) mass is 370 g/mol. The molecule has 0 saturated carbocycles. The molecular weight excluding hydrogens is 352 g/mol. The molecule has 0 unspecified atom stereocenters. The zero-order valence-electron chi connectivity index (χ0n) is 14.4. The number of carbonyl (C=O) groups is 1. The van der Waals surface area contributed by atoms with Gasteiger partial charge in [0, 0.05) is 17.0 Å². The third-order valence-corrected chi connectivity index (χ3v) is 3.78. The summed E-state index contributed by atoms with van der Waals surface area (Å²) in [6.45, 7) is -0.339. The van der Waals surface area contributed by atoms with Crippen LogP contribution in [-0.4, -0.2) is 42.4 Å². The van der Waals surface area contributed by atoms with Crippen molar-refractivity contribution in [3.8, 4) is 11.5 Å². The first kappa shape index (κ1) is 18.6. The van der Waals surface area contributed by atoms with Gasteiger partial charge in [0.2, 0.25) is 0 Å². The average molecular weight is 370 g/mol. The molecule has 1 heterocycles. The number of ether oxygens (including phenoxy) is 2. The molecule has 2 aromatic carbocycles. The second-order valence-electron chi connectivity index (χ2n) is 5.62. The van der Waals surface area contributed by atoms with Gasteiger partial charge in [0.05, 0.1) is 13.2 Å². The molecule has 0 fully saturated rings. The lowest BCUT2D eigenvalue weighted by atomic mass is 10.0. The number of aliphatic hydroxyl groups is 2. The summed E-state index contributed by atoms with van der Waals surface area (Å²) in [6, 6.07) is 12.9. The fourth-order valence-corrected chi connectivity index (χ4v) is 2.57. The summed E-state index contributed by atoms with van der Waals surface area (Å²) < 4.78 is 16.1. The van der Waals surface area contributed by atoms with Gasteiger partial charge < -0.3 is 24.1 Å². The number of hydrogen-bond donors (Lipinski definition) is 2. The average Bonchev–Trinajstić information content (AvgIpc) is 2.70. The summed E-state index contributed by atoms with van der Waals surface area (Å²) in [4.78, 5) is 24.9. The normalized spacial score (nSPS) is 10.7. The summed E-state index contributed by atoms with van der Waals surface area (Å²) in [5.41, 5.74) is -0.253. The first-order chi connectivity index (χ1) is 13.1. The van der Waals surface area contributed by atoms with E-state index >= 15 is 0 Å². The molecule has 0 radical (unpaired) electrons. The van der Waals surface area contributed by atoms with E-state index in [1.165, 1.54) is 12.1 Å². The van der Waals surface area contributed by atoms with E-state index < -0.39 is 11.4 Å². The second-order valence-corrected chi connectivity index (χ2v) is 5.62. The minimum Gasteiger partial charge on any atom is -0.487 e. The molecule has 7 heteroatoms. The van der Waals surface area contributed by atoms with E-state index in [9.17, 15) is 9.59 Å². The number of hydrogen-bond acceptors (Lipinski definition) is 7. The molecule has 2 N–H and O–H groups in total. The van der Waals surface area contributed by atoms with Gasteiger partial charge in [-0.05, 0) is 12.1 Å². The van der Waals surface area contributed by atoms with Crippen LogP contribution < -0.4 is 15.1 Å². The van der Waals surface area contributed by atoms with Crippen molar-refractivity contribution in [2.24, 2.45) is 0 Å². The second kappa shape index (κ2) is 8.48. The van der Waals surface area contributed by atoms with Gasteiger partial charge in [-0.1, -0.05) is 30.3 Å². The zero-order valence-corrected chi connectivity index (χ0v) is 14.4. The first-order valence-corrected chi connectivity index (χ1v) is 8.33. The van der Waals surface area contributed by atoms with Gasteiger partial charge in [0.15, 0.2) is 17.3 Å². The molecule has 27 heavy (non-hydrogen) atoms. The fraction of sp³-hybridized carbons (Fsp3) is 0.200. The van der Waals surface area contributed by atoms with Crippen LogP contribution >= 0.6 is 0 Å². The standard InChI is InChI=1S/C20H18O7/c21-6-8-25-17-11-14-10-15(19(23)13-4-2-1-3-5-13)20(24)27-16(14)12-18(17)26-9-7-22/h1-5,10-12,21-22H,6-9H2. The summed E-state index contributed by atoms with van der Waals surface area (Å²) in [5, 5.41) is 18.4. The number of benzene rings is 2. The van der Waals surface area contributed by atoms with Gasteiger partial charge in [-0.25, -0.2) is 4.79 Å². The van der Waals surface area contributed by atoms with Gasteiger partial charge in [0.25, 0.3) is 0 Å². The summed E-state index contributed by atoms with van der Waals surface area (Å²) >= 11 is 0. The Hall–Kier alpha value is -3.16. The lowest BCUT2D eigenvalue weighted by Gasteiger charge is -2.13. The lowest BCUT2D eigenvalue weighted by molar-refractivity contribution is 0.103. The Morgan fingerprint density at radius 3 is 2.19 bits per heavy atom. The first-order valence-electron chi connectivity index (χ1n) is 8.33. The smallest absolute Gasteiger partial charge is 0.347 e. The van der Waals surface area contributed by atoms with Crippen LogP contribution in [0.4, 0.5) is 0 Å². The van der Waals surface area contributed by atoms with Gasteiger partial charge in [-0.3, -0.25) is 4.79 Å². The minimum atomic E-state index is -0.756. The van der Waals surface area contributed by atoms with Crippen molar-refractivity contribution in [1.82, 2.24) is 0 Å². The maximum Gasteiger partial charge on any atom is 0.347 e. The fourth-order valence-electron chi connectivity index (χ4n) is 2.57. The van der Waals surface area contributed by atoms with Crippen molar-refractivity contribution in [2.75, 3.05) is 26.4 Å². The Balaban J connectivity index is 2.07. The third kappa shape index (κ3) is 4.16. The van der Waals surface area contributed by atoms with Gasteiger partial charge in [0.1, 0.15) is 24.4 Å². The molecule has 0 bridgehead atoms. The Labute approximate surface area is 154 Å². The SMILES string of the molecule is O=C(c1ccccc1)c1cc2cc(OCCO)c(OCCO)cc2oc1=O. The van der Waals surface area contributed by atoms with E-state index in [-0.39, 0.29) is 43.3 Å². The Morgan fingerprint density at radius 2 is 1.56 bits per heavy atom. The predicted octanol–water partition coefficient (Wildman–Crippen LogP) is 1.77. The number of carbonyl (C=O) groups excluding carboxylic acids is 1. The molecule has 3 rings (SSSR count). The molecule has 0 atom stereocenters. The van der Waals surface area contributed by atoms with E-state index in [4.69, 9.17) is 24.1 Å². The molecular formula is C20H18O7. The minimum absolute atomic E-state index is 0.0236. The number of ketones is 1. The highest BCUT2D eigenvalue weighted by Gasteiger charge is 2.17. The number of rotatable bonds is 8. The molecule has 7 nitrogen and oxygen atoms in total. The van der Waals surface area contributed by atoms with Crippen LogP contribution in [-0.2, 0) is 0 Å². The van der Waals surface area contributed by atoms with Crippen LogP contribution in [0.3, 0.4) is 0 Å². The highest BCUT2D eigenvalue weighted by molar-refractivity contribution is 6.09. The van der Waals surface area contributed by atoms with E-state index in [0.717, 1.165) is 0 Å². The maximum atomic E-state index is 12.6. The van der Waals surface area contributed by atoms with Crippen LogP contribution in [0.25, 0.3) is 11.0 Å². The highest BCUT2D eigenvalue weighted by atomic mass is 16.5. The molecule has 3 aromatic rings. The van der Waals surface area contributed by atoms with Crippen molar-refractivity contribution in [3.05, 3.63) is 70.1 Å². The van der Waals surface area contributed by atoms with E-state index in [2.05, 4.69) is 0 Å². The van der Waals surface area contributed by atoms with E-state index in [1.54, 1.807) is 36.4 Å². The van der Waals surface area contributed by atoms with Gasteiger partial charge in [-0.15, -0.1) is 0 Å². The lowest BCUT2D eigenvalue weighted by Crippen LogP contribution is -2.15. The molecule has 0 saturated heterocycles. The summed E-state index contributed by atoms with van der Waals surface area (Å²) in [5.74, 6) is 0.122. The summed E-state index contributed by atoms with van der Waals surface area (Å²) in [7, 11) is 0. The molecule has 0 spiro atoms. The molecule has 0 aliphatic heterocycles. The number of fused-ring (bicyclic) bond motifs is 1. The van der Waals surface area contributed by atoms with Crippen LogP contribution in [0.2, 0.25) is 0 Å². The largest absolute Gasteiger partial charge is 0.487 e. The quantitative estimate of drug-likeness (QED) is 0.460. The Kier molecular flexibility index (Phi) is 5.85. The van der Waals surface area contributed by atoms with Crippen LogP contribution in [0.15, 0.2) is 57.7 Å². The zero-order chi connectivity index (χ0) is 19.2. The Bertz CT molecular complexity index is 992. The van der Waals surface area contributed by atoms with Gasteiger partial charge in [-0.2, -0.15) is 0 Å². The van der Waals surface area contributed by atoms with Crippen LogP contribution in [0.5, 0.6) is 11.5 Å².